The molecule has 0 rings (SSSR count). The zero-order chi connectivity index (χ0) is 42.3. The van der Waals surface area contributed by atoms with Crippen LogP contribution < -0.4 is 53.2 Å². The summed E-state index contributed by atoms with van der Waals surface area (Å²) in [6, 6.07) is 0. The van der Waals surface area contributed by atoms with Crippen molar-refractivity contribution in [2.24, 2.45) is 0 Å². The molecule has 54 heavy (non-hydrogen) atoms. The lowest BCUT2D eigenvalue weighted by atomic mass is 10.3. The van der Waals surface area contributed by atoms with Gasteiger partial charge in [0, 0.05) is 50.4 Å². The van der Waals surface area contributed by atoms with Crippen molar-refractivity contribution in [3.05, 3.63) is 62.3 Å². The first kappa shape index (κ1) is 59.1. The van der Waals surface area contributed by atoms with E-state index in [-0.39, 0.29) is 29.5 Å². The Morgan fingerprint density at radius 2 is 0.704 bits per heavy atom. The molecule has 0 atom stereocenters. The van der Waals surface area contributed by atoms with Crippen LogP contribution in [0.2, 0.25) is 0 Å². The molecule has 0 fully saturated rings. The van der Waals surface area contributed by atoms with Gasteiger partial charge in [-0.3, -0.25) is 24.0 Å². The number of rotatable bonds is 27. The van der Waals surface area contributed by atoms with Gasteiger partial charge in [0.15, 0.2) is 0 Å². The third kappa shape index (κ3) is 60.0. The van der Waals surface area contributed by atoms with Gasteiger partial charge in [-0.05, 0) is 118 Å². The van der Waals surface area contributed by atoms with E-state index in [1.165, 1.54) is 18.2 Å². The number of hydrogen-bond acceptors (Lipinski definition) is 10. The first-order valence-corrected chi connectivity index (χ1v) is 18.8. The quantitative estimate of drug-likeness (QED) is 0.0425. The maximum Gasteiger partial charge on any atom is 0.246 e. The van der Waals surface area contributed by atoms with Crippen molar-refractivity contribution in [1.82, 2.24) is 53.2 Å². The third-order valence-corrected chi connectivity index (χ3v) is 6.12. The van der Waals surface area contributed by atoms with Crippen molar-refractivity contribution in [1.29, 1.82) is 0 Å². The minimum Gasteiger partial charge on any atom is -0.353 e. The summed E-state index contributed by atoms with van der Waals surface area (Å²) >= 11 is 0. The topological polar surface area (TPSA) is 206 Å². The van der Waals surface area contributed by atoms with Gasteiger partial charge in [-0.2, -0.15) is 0 Å². The molecule has 0 bridgehead atoms. The van der Waals surface area contributed by atoms with Gasteiger partial charge in [0.2, 0.25) is 29.5 Å². The number of likely N-dealkylation sites (N-methyl/N-ethyl adjacent to an activating group) is 1. The van der Waals surface area contributed by atoms with Crippen LogP contribution in [-0.4, -0.2) is 129 Å². The zero-order valence-electron chi connectivity index (χ0n) is 34.8. The summed E-state index contributed by atoms with van der Waals surface area (Å²) in [5, 5.41) is 28.9. The highest BCUT2D eigenvalue weighted by molar-refractivity contribution is 5.92. The van der Waals surface area contributed by atoms with E-state index in [2.05, 4.69) is 99.9 Å². The smallest absolute Gasteiger partial charge is 0.246 e. The predicted octanol–water partition coefficient (Wildman–Crippen LogP) is 1.05. The predicted molar refractivity (Wildman–Crippen MR) is 227 cm³/mol. The van der Waals surface area contributed by atoms with Gasteiger partial charge in [0.25, 0.3) is 0 Å². The summed E-state index contributed by atoms with van der Waals surface area (Å²) < 4.78 is 0. The molecule has 15 heteroatoms. The molecule has 0 unspecified atom stereocenters. The highest BCUT2D eigenvalue weighted by Crippen LogP contribution is 1.86. The molecule has 0 aromatic rings. The van der Waals surface area contributed by atoms with E-state index in [1.54, 1.807) is 13.8 Å². The Hall–Kier alpha value is -4.15. The molecule has 5 amide bonds. The Labute approximate surface area is 327 Å². The minimum absolute atomic E-state index is 0.0495. The van der Waals surface area contributed by atoms with E-state index in [1.807, 2.05) is 21.0 Å². The fraction of sp³-hybridized carbons (Fsp3) is 0.615. The van der Waals surface area contributed by atoms with E-state index < -0.39 is 0 Å². The number of carbonyl (C=O) groups excluding carboxylic acids is 5. The Morgan fingerprint density at radius 3 is 0.981 bits per heavy atom. The van der Waals surface area contributed by atoms with Crippen molar-refractivity contribution in [2.45, 2.75) is 60.3 Å². The van der Waals surface area contributed by atoms with Crippen LogP contribution in [0, 0.1) is 0 Å². The van der Waals surface area contributed by atoms with Gasteiger partial charge < -0.3 is 53.2 Å². The summed E-state index contributed by atoms with van der Waals surface area (Å²) in [7, 11) is 3.77. The van der Waals surface area contributed by atoms with Crippen LogP contribution in [0.15, 0.2) is 62.3 Å². The van der Waals surface area contributed by atoms with E-state index >= 15 is 0 Å². The number of amides is 5. The molecule has 0 aliphatic carbocycles. The van der Waals surface area contributed by atoms with Crippen LogP contribution >= 0.6 is 0 Å². The molecule has 0 saturated heterocycles. The molecule has 0 aliphatic rings. The molecule has 0 aliphatic heterocycles. The average molecular weight is 767 g/mol. The van der Waals surface area contributed by atoms with Gasteiger partial charge in [0.05, 0.1) is 0 Å². The summed E-state index contributed by atoms with van der Waals surface area (Å²) in [4.78, 5) is 53.5. The van der Waals surface area contributed by atoms with Crippen molar-refractivity contribution in [3.8, 4) is 0 Å². The van der Waals surface area contributed by atoms with E-state index in [4.69, 9.17) is 0 Å². The van der Waals surface area contributed by atoms with E-state index in [0.29, 0.717) is 30.8 Å². The summed E-state index contributed by atoms with van der Waals surface area (Å²) in [5.74, 6) is -0.414. The van der Waals surface area contributed by atoms with E-state index in [9.17, 15) is 24.0 Å². The first-order valence-electron chi connectivity index (χ1n) is 18.8. The van der Waals surface area contributed by atoms with Gasteiger partial charge in [-0.25, -0.2) is 0 Å². The van der Waals surface area contributed by atoms with Gasteiger partial charge in [-0.15, -0.1) is 0 Å². The van der Waals surface area contributed by atoms with Gasteiger partial charge in [-0.1, -0.05) is 53.7 Å². The molecular formula is C39H78N10O5. The Kier molecular flexibility index (Phi) is 55.8. The normalized spacial score (nSPS) is 9.17. The molecule has 0 saturated carbocycles. The Bertz CT molecular complexity index is 976. The standard InChI is InChI=1S/C9H18N2O.2C8H16N2O.2C7H14N2O/c1-4-10-6-5-7-11-9(12)8(2)3;1-7(2)8(11)10-6-4-5-9-3;1-3-8(11)10-7-5-6-9-4-2;1-3-7(10)9-6-4-5-8-2;1-3-7(10)9-6-5-8-4-2/h10H,2,4-7H2,1,3H3,(H,11,12);9H,1,4-6H2,2-3H3,(H,10,11);3,9H,1,4-7H2,2H3,(H,10,11);2*3,8H,1,4-6H2,2H3,(H,9,10). The summed E-state index contributed by atoms with van der Waals surface area (Å²) in [5.41, 5.74) is 1.13. The second kappa shape index (κ2) is 51.0. The molecular weight excluding hydrogens is 688 g/mol. The fourth-order valence-corrected chi connectivity index (χ4v) is 3.11. The minimum atomic E-state index is -0.113. The third-order valence-electron chi connectivity index (χ3n) is 6.12. The molecule has 0 aromatic carbocycles. The molecule has 0 aromatic heterocycles. The maximum atomic E-state index is 10.9. The Balaban J connectivity index is -0.000000186. The SMILES string of the molecule is C=C(C)C(=O)NCCCNC.C=C(C)C(=O)NCCCNCC.C=CC(=O)NCCCNC.C=CC(=O)NCCCNCC.C=CC(=O)NCCNCC. The lowest BCUT2D eigenvalue weighted by molar-refractivity contribution is -0.118. The first-order chi connectivity index (χ1) is 25.8. The van der Waals surface area contributed by atoms with E-state index in [0.717, 1.165) is 91.1 Å². The highest BCUT2D eigenvalue weighted by atomic mass is 16.2. The molecule has 15 nitrogen and oxygen atoms in total. The van der Waals surface area contributed by atoms with Gasteiger partial charge >= 0.3 is 0 Å². The Morgan fingerprint density at radius 1 is 0.426 bits per heavy atom. The van der Waals surface area contributed by atoms with Crippen LogP contribution in [0.4, 0.5) is 0 Å². The van der Waals surface area contributed by atoms with Crippen molar-refractivity contribution < 1.29 is 24.0 Å². The molecule has 0 radical (unpaired) electrons. The maximum absolute atomic E-state index is 10.9. The van der Waals surface area contributed by atoms with Gasteiger partial charge in [0.1, 0.15) is 0 Å². The largest absolute Gasteiger partial charge is 0.353 e. The summed E-state index contributed by atoms with van der Waals surface area (Å²) in [6.07, 6.45) is 7.67. The molecule has 10 N–H and O–H groups in total. The van der Waals surface area contributed by atoms with Crippen molar-refractivity contribution >= 4 is 29.5 Å². The van der Waals surface area contributed by atoms with Crippen molar-refractivity contribution in [2.75, 3.05) is 99.2 Å². The van der Waals surface area contributed by atoms with Crippen LogP contribution in [0.3, 0.4) is 0 Å². The molecule has 0 heterocycles. The van der Waals surface area contributed by atoms with Crippen molar-refractivity contribution in [3.63, 3.8) is 0 Å². The monoisotopic (exact) mass is 767 g/mol. The number of nitrogens with one attached hydrogen (secondary N) is 10. The highest BCUT2D eigenvalue weighted by Gasteiger charge is 1.99. The van der Waals surface area contributed by atoms with Crippen LogP contribution in [0.5, 0.6) is 0 Å². The number of hydrogen-bond donors (Lipinski definition) is 10. The summed E-state index contributed by atoms with van der Waals surface area (Å²) in [6.45, 7) is 37.6. The zero-order valence-corrected chi connectivity index (χ0v) is 34.8. The van der Waals surface area contributed by atoms with Crippen LogP contribution in [0.1, 0.15) is 60.3 Å². The lowest BCUT2D eigenvalue weighted by Gasteiger charge is -2.04. The molecule has 314 valence electrons. The van der Waals surface area contributed by atoms with Crippen LogP contribution in [0.25, 0.3) is 0 Å². The fourth-order valence-electron chi connectivity index (χ4n) is 3.11. The second-order valence-corrected chi connectivity index (χ2v) is 11.2. The lowest BCUT2D eigenvalue weighted by Crippen LogP contribution is -2.30. The average Bonchev–Trinajstić information content (AvgIpc) is 3.17. The number of carbonyl (C=O) groups is 5. The molecule has 0 spiro atoms. The second-order valence-electron chi connectivity index (χ2n) is 11.2. The van der Waals surface area contributed by atoms with Crippen LogP contribution in [-0.2, 0) is 24.0 Å².